The van der Waals surface area contributed by atoms with Gasteiger partial charge < -0.3 is 19.8 Å². The molecule has 2 N–H and O–H groups in total. The fourth-order valence-corrected chi connectivity index (χ4v) is 3.07. The number of urea groups is 1. The SMILES string of the molecule is CCOC(=O)CCCCCNC(=O)Nc1cccc(-c2nc3cc(C)ccc3o2)c1. The minimum absolute atomic E-state index is 0.169. The highest BCUT2D eigenvalue weighted by molar-refractivity contribution is 5.90. The Hall–Kier alpha value is -3.35. The number of carbonyl (C=O) groups is 2. The third-order valence-corrected chi connectivity index (χ3v) is 4.56. The van der Waals surface area contributed by atoms with Crippen LogP contribution in [0.2, 0.25) is 0 Å². The summed E-state index contributed by atoms with van der Waals surface area (Å²) < 4.78 is 10.7. The number of fused-ring (bicyclic) bond motifs is 1. The van der Waals surface area contributed by atoms with Crippen LogP contribution in [0.4, 0.5) is 10.5 Å². The van der Waals surface area contributed by atoms with Crippen LogP contribution in [0.1, 0.15) is 38.2 Å². The van der Waals surface area contributed by atoms with Crippen LogP contribution in [0.5, 0.6) is 0 Å². The molecule has 0 spiro atoms. The maximum atomic E-state index is 12.1. The Morgan fingerprint density at radius 3 is 2.80 bits per heavy atom. The highest BCUT2D eigenvalue weighted by Crippen LogP contribution is 2.26. The molecule has 0 radical (unpaired) electrons. The van der Waals surface area contributed by atoms with Crippen molar-refractivity contribution < 1.29 is 18.7 Å². The summed E-state index contributed by atoms with van der Waals surface area (Å²) in [5.74, 6) is 0.346. The van der Waals surface area contributed by atoms with Gasteiger partial charge in [-0.2, -0.15) is 0 Å². The molecule has 158 valence electrons. The Labute approximate surface area is 175 Å². The van der Waals surface area contributed by atoms with Crippen LogP contribution in [-0.4, -0.2) is 30.1 Å². The maximum Gasteiger partial charge on any atom is 0.319 e. The predicted octanol–water partition coefficient (Wildman–Crippen LogP) is 5.05. The van der Waals surface area contributed by atoms with E-state index in [1.54, 1.807) is 6.92 Å². The minimum Gasteiger partial charge on any atom is -0.466 e. The molecule has 3 rings (SSSR count). The van der Waals surface area contributed by atoms with E-state index in [0.29, 0.717) is 31.2 Å². The summed E-state index contributed by atoms with van der Waals surface area (Å²) in [4.78, 5) is 27.9. The Morgan fingerprint density at radius 1 is 1.10 bits per heavy atom. The lowest BCUT2D eigenvalue weighted by atomic mass is 10.2. The molecule has 0 atom stereocenters. The van der Waals surface area contributed by atoms with E-state index in [-0.39, 0.29) is 12.0 Å². The molecule has 0 fully saturated rings. The minimum atomic E-state index is -0.272. The van der Waals surface area contributed by atoms with Gasteiger partial charge in [0.25, 0.3) is 0 Å². The Bertz CT molecular complexity index is 1010. The van der Waals surface area contributed by atoms with Gasteiger partial charge in [-0.25, -0.2) is 9.78 Å². The first-order valence-electron chi connectivity index (χ1n) is 10.2. The summed E-state index contributed by atoms with van der Waals surface area (Å²) in [5, 5.41) is 5.65. The predicted molar refractivity (Wildman–Crippen MR) is 116 cm³/mol. The zero-order chi connectivity index (χ0) is 21.3. The summed E-state index contributed by atoms with van der Waals surface area (Å²) in [7, 11) is 0. The first-order valence-corrected chi connectivity index (χ1v) is 10.2. The number of anilines is 1. The van der Waals surface area contributed by atoms with Crippen LogP contribution in [0.25, 0.3) is 22.6 Å². The zero-order valence-electron chi connectivity index (χ0n) is 17.4. The normalized spacial score (nSPS) is 10.7. The summed E-state index contributed by atoms with van der Waals surface area (Å²) in [6, 6.07) is 13.0. The molecule has 7 nitrogen and oxygen atoms in total. The number of amides is 2. The molecule has 0 bridgehead atoms. The van der Waals surface area contributed by atoms with Crippen LogP contribution in [0, 0.1) is 6.92 Å². The second-order valence-electron chi connectivity index (χ2n) is 7.07. The van der Waals surface area contributed by atoms with Gasteiger partial charge in [0.05, 0.1) is 6.61 Å². The molecule has 0 saturated heterocycles. The highest BCUT2D eigenvalue weighted by Gasteiger charge is 2.10. The van der Waals surface area contributed by atoms with E-state index in [4.69, 9.17) is 9.15 Å². The average Bonchev–Trinajstić information content (AvgIpc) is 3.14. The molecule has 3 aromatic rings. The van der Waals surface area contributed by atoms with Gasteiger partial charge in [-0.3, -0.25) is 4.79 Å². The maximum absolute atomic E-state index is 12.1. The lowest BCUT2D eigenvalue weighted by molar-refractivity contribution is -0.143. The molecule has 0 aliphatic carbocycles. The number of ether oxygens (including phenoxy) is 1. The monoisotopic (exact) mass is 409 g/mol. The smallest absolute Gasteiger partial charge is 0.319 e. The molecule has 30 heavy (non-hydrogen) atoms. The molecule has 2 amide bonds. The second-order valence-corrected chi connectivity index (χ2v) is 7.07. The summed E-state index contributed by atoms with van der Waals surface area (Å²) in [5.41, 5.74) is 4.11. The van der Waals surface area contributed by atoms with E-state index in [0.717, 1.165) is 41.5 Å². The number of nitrogens with zero attached hydrogens (tertiary/aromatic N) is 1. The molecular formula is C23H27N3O4. The van der Waals surface area contributed by atoms with Gasteiger partial charge in [0.15, 0.2) is 5.58 Å². The number of rotatable bonds is 9. The Morgan fingerprint density at radius 2 is 1.97 bits per heavy atom. The van der Waals surface area contributed by atoms with Crippen LogP contribution in [0.3, 0.4) is 0 Å². The van der Waals surface area contributed by atoms with Crippen LogP contribution < -0.4 is 10.6 Å². The van der Waals surface area contributed by atoms with Crippen LogP contribution >= 0.6 is 0 Å². The summed E-state index contributed by atoms with van der Waals surface area (Å²) in [6.07, 6.45) is 2.83. The van der Waals surface area contributed by atoms with E-state index < -0.39 is 0 Å². The topological polar surface area (TPSA) is 93.5 Å². The van der Waals surface area contributed by atoms with Crippen molar-refractivity contribution in [1.29, 1.82) is 0 Å². The zero-order valence-corrected chi connectivity index (χ0v) is 17.4. The number of hydrogen-bond acceptors (Lipinski definition) is 5. The molecule has 1 aromatic heterocycles. The lowest BCUT2D eigenvalue weighted by Crippen LogP contribution is -2.29. The van der Waals surface area contributed by atoms with Crippen molar-refractivity contribution >= 4 is 28.8 Å². The second kappa shape index (κ2) is 10.4. The van der Waals surface area contributed by atoms with Gasteiger partial charge in [0.2, 0.25) is 5.89 Å². The molecule has 0 saturated carbocycles. The van der Waals surface area contributed by atoms with Crippen molar-refractivity contribution in [2.75, 3.05) is 18.5 Å². The van der Waals surface area contributed by atoms with E-state index in [1.165, 1.54) is 0 Å². The number of aromatic nitrogens is 1. The summed E-state index contributed by atoms with van der Waals surface area (Å²) in [6.45, 7) is 4.76. The molecule has 0 aliphatic rings. The third kappa shape index (κ3) is 6.07. The number of carbonyl (C=O) groups excluding carboxylic acids is 2. The van der Waals surface area contributed by atoms with Crippen molar-refractivity contribution in [2.24, 2.45) is 0 Å². The standard InChI is InChI=1S/C23H27N3O4/c1-3-29-21(27)10-5-4-6-13-24-23(28)25-18-9-7-8-17(15-18)22-26-19-14-16(2)11-12-20(19)30-22/h7-9,11-12,14-15H,3-6,10,13H2,1-2H3,(H2,24,25,28). The van der Waals surface area contributed by atoms with Crippen molar-refractivity contribution in [3.05, 3.63) is 48.0 Å². The van der Waals surface area contributed by atoms with Crippen molar-refractivity contribution in [3.63, 3.8) is 0 Å². The molecule has 0 unspecified atom stereocenters. The van der Waals surface area contributed by atoms with Gasteiger partial charge in [-0.05, 0) is 62.6 Å². The number of esters is 1. The fraction of sp³-hybridized carbons (Fsp3) is 0.348. The lowest BCUT2D eigenvalue weighted by Gasteiger charge is -2.08. The van der Waals surface area contributed by atoms with Gasteiger partial charge in [-0.1, -0.05) is 18.6 Å². The van der Waals surface area contributed by atoms with Gasteiger partial charge in [-0.15, -0.1) is 0 Å². The van der Waals surface area contributed by atoms with Gasteiger partial charge in [0.1, 0.15) is 5.52 Å². The number of benzene rings is 2. The van der Waals surface area contributed by atoms with Crippen molar-refractivity contribution in [2.45, 2.75) is 39.5 Å². The number of unbranched alkanes of at least 4 members (excludes halogenated alkanes) is 2. The number of hydrogen-bond donors (Lipinski definition) is 2. The molecule has 1 heterocycles. The van der Waals surface area contributed by atoms with Crippen LogP contribution in [-0.2, 0) is 9.53 Å². The van der Waals surface area contributed by atoms with Crippen molar-refractivity contribution in [1.82, 2.24) is 10.3 Å². The van der Waals surface area contributed by atoms with Gasteiger partial charge in [0, 0.05) is 24.2 Å². The van der Waals surface area contributed by atoms with E-state index in [2.05, 4.69) is 15.6 Å². The quantitative estimate of drug-likeness (QED) is 0.381. The molecule has 2 aromatic carbocycles. The van der Waals surface area contributed by atoms with E-state index >= 15 is 0 Å². The molecular weight excluding hydrogens is 382 g/mol. The summed E-state index contributed by atoms with van der Waals surface area (Å²) >= 11 is 0. The van der Waals surface area contributed by atoms with Crippen molar-refractivity contribution in [3.8, 4) is 11.5 Å². The van der Waals surface area contributed by atoms with E-state index in [1.807, 2.05) is 49.4 Å². The Balaban J connectivity index is 1.47. The number of nitrogens with one attached hydrogen (secondary N) is 2. The number of aryl methyl sites for hydroxylation is 1. The molecule has 0 aliphatic heterocycles. The highest BCUT2D eigenvalue weighted by atomic mass is 16.5. The molecule has 7 heteroatoms. The average molecular weight is 409 g/mol. The third-order valence-electron chi connectivity index (χ3n) is 4.56. The largest absolute Gasteiger partial charge is 0.466 e. The number of oxazole rings is 1. The van der Waals surface area contributed by atoms with Crippen LogP contribution in [0.15, 0.2) is 46.9 Å². The first kappa shape index (κ1) is 21.4. The first-order chi connectivity index (χ1) is 14.5. The fourth-order valence-electron chi connectivity index (χ4n) is 3.07. The Kier molecular flexibility index (Phi) is 7.43. The van der Waals surface area contributed by atoms with Gasteiger partial charge >= 0.3 is 12.0 Å². The van der Waals surface area contributed by atoms with E-state index in [9.17, 15) is 9.59 Å².